The van der Waals surface area contributed by atoms with Crippen LogP contribution in [0.4, 0.5) is 5.82 Å². The molecule has 7 heteroatoms. The van der Waals surface area contributed by atoms with Gasteiger partial charge in [0.05, 0.1) is 5.56 Å². The van der Waals surface area contributed by atoms with Gasteiger partial charge in [0.25, 0.3) is 5.91 Å². The quantitative estimate of drug-likeness (QED) is 0.825. The van der Waals surface area contributed by atoms with E-state index in [0.29, 0.717) is 5.82 Å². The number of carboxylic acid groups (broad SMARTS) is 1. The number of amides is 1. The number of carboxylic acids is 1. The fraction of sp³-hybridized carbons (Fsp3) is 0.100. The van der Waals surface area contributed by atoms with Crippen molar-refractivity contribution in [1.29, 1.82) is 0 Å². The highest BCUT2D eigenvalue weighted by Gasteiger charge is 2.15. The van der Waals surface area contributed by atoms with Gasteiger partial charge < -0.3 is 14.8 Å². The van der Waals surface area contributed by atoms with Crippen LogP contribution in [-0.2, 0) is 7.05 Å². The van der Waals surface area contributed by atoms with Gasteiger partial charge in [0.1, 0.15) is 6.26 Å². The Bertz CT molecular complexity index is 570. The molecule has 0 atom stereocenters. The number of hydrogen-bond donors (Lipinski definition) is 2. The lowest BCUT2D eigenvalue weighted by Crippen LogP contribution is -2.11. The van der Waals surface area contributed by atoms with Gasteiger partial charge in [-0.1, -0.05) is 0 Å². The number of rotatable bonds is 3. The third kappa shape index (κ3) is 2.33. The van der Waals surface area contributed by atoms with Crippen LogP contribution in [-0.4, -0.2) is 26.8 Å². The molecule has 2 heterocycles. The van der Waals surface area contributed by atoms with Crippen molar-refractivity contribution in [2.75, 3.05) is 5.32 Å². The molecular weight excluding hydrogens is 226 g/mol. The lowest BCUT2D eigenvalue weighted by atomic mass is 10.3. The Morgan fingerprint density at radius 2 is 2.29 bits per heavy atom. The van der Waals surface area contributed by atoms with Gasteiger partial charge >= 0.3 is 5.97 Å². The number of furan rings is 1. The van der Waals surface area contributed by atoms with Crippen molar-refractivity contribution in [2.45, 2.75) is 0 Å². The molecule has 0 aliphatic heterocycles. The van der Waals surface area contributed by atoms with Gasteiger partial charge in [-0.2, -0.15) is 5.10 Å². The average molecular weight is 235 g/mol. The molecule has 1 amide bonds. The molecule has 2 rings (SSSR count). The van der Waals surface area contributed by atoms with E-state index in [9.17, 15) is 9.59 Å². The Morgan fingerprint density at radius 1 is 1.53 bits per heavy atom. The van der Waals surface area contributed by atoms with Crippen LogP contribution in [0, 0.1) is 0 Å². The molecule has 0 aromatic carbocycles. The first-order chi connectivity index (χ1) is 8.06. The fourth-order valence-corrected chi connectivity index (χ4v) is 1.23. The summed E-state index contributed by atoms with van der Waals surface area (Å²) in [6.07, 6.45) is 2.68. The van der Waals surface area contributed by atoms with Crippen LogP contribution in [0.1, 0.15) is 20.9 Å². The third-order valence-corrected chi connectivity index (χ3v) is 2.03. The first-order valence-electron chi connectivity index (χ1n) is 4.69. The van der Waals surface area contributed by atoms with Gasteiger partial charge in [0, 0.05) is 25.4 Å². The molecule has 2 aromatic heterocycles. The van der Waals surface area contributed by atoms with Crippen molar-refractivity contribution >= 4 is 17.7 Å². The second kappa shape index (κ2) is 4.12. The molecule has 0 fully saturated rings. The van der Waals surface area contributed by atoms with Crippen LogP contribution >= 0.6 is 0 Å². The first-order valence-corrected chi connectivity index (χ1v) is 4.69. The predicted molar refractivity (Wildman–Crippen MR) is 56.8 cm³/mol. The molecule has 0 aliphatic carbocycles. The number of aromatic nitrogens is 2. The van der Waals surface area contributed by atoms with Gasteiger partial charge in [0.2, 0.25) is 0 Å². The molecule has 0 unspecified atom stereocenters. The summed E-state index contributed by atoms with van der Waals surface area (Å²) in [6, 6.07) is 2.76. The van der Waals surface area contributed by atoms with E-state index in [1.807, 2.05) is 0 Å². The van der Waals surface area contributed by atoms with Gasteiger partial charge in [0.15, 0.2) is 11.6 Å². The molecule has 7 nitrogen and oxygen atoms in total. The smallest absolute Gasteiger partial charge is 0.338 e. The first kappa shape index (κ1) is 10.9. The van der Waals surface area contributed by atoms with Crippen LogP contribution < -0.4 is 5.32 Å². The van der Waals surface area contributed by atoms with Gasteiger partial charge in [-0.05, 0) is 0 Å². The zero-order valence-corrected chi connectivity index (χ0v) is 8.88. The number of nitrogens with one attached hydrogen (secondary N) is 1. The van der Waals surface area contributed by atoms with E-state index in [1.165, 1.54) is 4.68 Å². The van der Waals surface area contributed by atoms with Crippen molar-refractivity contribution in [3.63, 3.8) is 0 Å². The van der Waals surface area contributed by atoms with E-state index >= 15 is 0 Å². The van der Waals surface area contributed by atoms with Crippen molar-refractivity contribution in [3.8, 4) is 0 Å². The highest BCUT2D eigenvalue weighted by molar-refractivity contribution is 6.03. The van der Waals surface area contributed by atoms with E-state index in [1.54, 1.807) is 19.3 Å². The molecule has 0 aliphatic rings. The Kier molecular flexibility index (Phi) is 2.65. The summed E-state index contributed by atoms with van der Waals surface area (Å²) in [6.45, 7) is 0. The lowest BCUT2D eigenvalue weighted by Gasteiger charge is -1.97. The van der Waals surface area contributed by atoms with E-state index in [0.717, 1.165) is 12.3 Å². The summed E-state index contributed by atoms with van der Waals surface area (Å²) < 4.78 is 6.37. The second-order valence-corrected chi connectivity index (χ2v) is 3.33. The molecule has 2 N–H and O–H groups in total. The molecule has 88 valence electrons. The van der Waals surface area contributed by atoms with Crippen LogP contribution in [0.3, 0.4) is 0 Å². The predicted octanol–water partition coefficient (Wildman–Crippen LogP) is 0.964. The minimum absolute atomic E-state index is 0.0730. The molecule has 0 bridgehead atoms. The normalized spacial score (nSPS) is 10.2. The maximum atomic E-state index is 11.6. The number of carbonyl (C=O) groups is 2. The summed E-state index contributed by atoms with van der Waals surface area (Å²) in [4.78, 5) is 22.2. The summed E-state index contributed by atoms with van der Waals surface area (Å²) in [5.74, 6) is -1.40. The number of anilines is 1. The number of nitrogens with zero attached hydrogens (tertiary/aromatic N) is 2. The third-order valence-electron chi connectivity index (χ3n) is 2.03. The molecule has 0 saturated carbocycles. The maximum Gasteiger partial charge on any atom is 0.338 e. The van der Waals surface area contributed by atoms with Crippen molar-refractivity contribution in [2.24, 2.45) is 7.05 Å². The minimum Gasteiger partial charge on any atom is -0.478 e. The topological polar surface area (TPSA) is 97.4 Å². The number of aryl methyl sites for hydroxylation is 1. The van der Waals surface area contributed by atoms with Gasteiger partial charge in [-0.3, -0.25) is 9.48 Å². The van der Waals surface area contributed by atoms with Crippen molar-refractivity contribution in [3.05, 3.63) is 35.9 Å². The van der Waals surface area contributed by atoms with E-state index < -0.39 is 11.9 Å². The number of hydrogen-bond acceptors (Lipinski definition) is 4. The Labute approximate surface area is 95.7 Å². The summed E-state index contributed by atoms with van der Waals surface area (Å²) >= 11 is 0. The monoisotopic (exact) mass is 235 g/mol. The van der Waals surface area contributed by atoms with E-state index in [-0.39, 0.29) is 11.3 Å². The van der Waals surface area contributed by atoms with Crippen molar-refractivity contribution < 1.29 is 19.1 Å². The SMILES string of the molecule is Cn1ccc(NC(=O)c2cc(C(=O)O)co2)n1. The Morgan fingerprint density at radius 3 is 2.82 bits per heavy atom. The standard InChI is InChI=1S/C10H9N3O4/c1-13-3-2-8(12-13)11-9(14)7-4-6(5-17-7)10(15)16/h2-5H,1H3,(H,15,16)(H,11,12,14). The summed E-state index contributed by atoms with van der Waals surface area (Å²) in [7, 11) is 1.71. The fourth-order valence-electron chi connectivity index (χ4n) is 1.23. The second-order valence-electron chi connectivity index (χ2n) is 3.33. The van der Waals surface area contributed by atoms with E-state index in [2.05, 4.69) is 10.4 Å². The molecular formula is C10H9N3O4. The minimum atomic E-state index is -1.15. The average Bonchev–Trinajstić information content (AvgIpc) is 2.86. The molecule has 17 heavy (non-hydrogen) atoms. The Balaban J connectivity index is 2.11. The number of carbonyl (C=O) groups excluding carboxylic acids is 1. The van der Waals surface area contributed by atoms with Crippen LogP contribution in [0.25, 0.3) is 0 Å². The largest absolute Gasteiger partial charge is 0.478 e. The highest BCUT2D eigenvalue weighted by atomic mass is 16.4. The highest BCUT2D eigenvalue weighted by Crippen LogP contribution is 2.10. The maximum absolute atomic E-state index is 11.6. The molecule has 0 spiro atoms. The molecule has 0 saturated heterocycles. The Hall–Kier alpha value is -2.57. The van der Waals surface area contributed by atoms with Crippen LogP contribution in [0.5, 0.6) is 0 Å². The summed E-state index contributed by atoms with van der Waals surface area (Å²) in [5.41, 5.74) is -0.0730. The lowest BCUT2D eigenvalue weighted by molar-refractivity contribution is 0.0696. The van der Waals surface area contributed by atoms with Crippen LogP contribution in [0.15, 0.2) is 29.0 Å². The number of aromatic carboxylic acids is 1. The zero-order valence-electron chi connectivity index (χ0n) is 8.88. The van der Waals surface area contributed by atoms with Crippen molar-refractivity contribution in [1.82, 2.24) is 9.78 Å². The van der Waals surface area contributed by atoms with Gasteiger partial charge in [-0.25, -0.2) is 4.79 Å². The summed E-state index contributed by atoms with van der Waals surface area (Å²) in [5, 5.41) is 15.1. The zero-order chi connectivity index (χ0) is 12.4. The van der Waals surface area contributed by atoms with Crippen LogP contribution in [0.2, 0.25) is 0 Å². The van der Waals surface area contributed by atoms with Gasteiger partial charge in [-0.15, -0.1) is 0 Å². The van der Waals surface area contributed by atoms with E-state index in [4.69, 9.17) is 9.52 Å². The molecule has 2 aromatic rings. The molecule has 0 radical (unpaired) electrons.